The minimum Gasteiger partial charge on any atom is -0.490 e. The number of anilines is 1. The number of aromatic nitrogens is 3. The fraction of sp³-hybridized carbons (Fsp3) is 0.500. The number of imidazole rings is 1. The number of fused-ring (bicyclic) bond motifs is 1. The maximum absolute atomic E-state index is 13.4. The molecular weight excluding hydrogens is 721 g/mol. The third-order valence-corrected chi connectivity index (χ3v) is 11.7. The fourth-order valence-corrected chi connectivity index (χ4v) is 8.94. The van der Waals surface area contributed by atoms with Crippen molar-refractivity contribution in [3.05, 3.63) is 83.4 Å². The SMILES string of the molecule is CC(C)Oc1cc2nc([C@H]3CC[C@H](CN4CC5(CCCN5Cc5ccc(OC6CCC(=O)NC6=O)cc5)C4)CC3)cn2cc1C(=O)Nc1cccc(C(F)F)n1. The van der Waals surface area contributed by atoms with Gasteiger partial charge in [-0.25, -0.2) is 18.7 Å². The maximum atomic E-state index is 13.4. The van der Waals surface area contributed by atoms with Crippen LogP contribution in [0.3, 0.4) is 0 Å². The fourth-order valence-electron chi connectivity index (χ4n) is 8.94. The average molecular weight is 770 g/mol. The van der Waals surface area contributed by atoms with Crippen molar-refractivity contribution < 1.29 is 32.6 Å². The van der Waals surface area contributed by atoms with Gasteiger partial charge >= 0.3 is 0 Å². The van der Waals surface area contributed by atoms with Crippen molar-refractivity contribution in [2.75, 3.05) is 31.5 Å². The Labute approximate surface area is 325 Å². The van der Waals surface area contributed by atoms with Crippen LogP contribution >= 0.6 is 0 Å². The van der Waals surface area contributed by atoms with Gasteiger partial charge in [0.1, 0.15) is 28.7 Å². The van der Waals surface area contributed by atoms with E-state index in [1.54, 1.807) is 12.3 Å². The number of hydrogen-bond donors (Lipinski definition) is 2. The number of hydrogen-bond acceptors (Lipinski definition) is 9. The first-order chi connectivity index (χ1) is 27.0. The number of rotatable bonds is 12. The third kappa shape index (κ3) is 8.27. The van der Waals surface area contributed by atoms with Gasteiger partial charge in [0.05, 0.1) is 17.4 Å². The molecule has 1 saturated carbocycles. The lowest BCUT2D eigenvalue weighted by Gasteiger charge is -2.54. The van der Waals surface area contributed by atoms with Gasteiger partial charge in [0.15, 0.2) is 6.10 Å². The van der Waals surface area contributed by atoms with Crippen molar-refractivity contribution >= 4 is 29.2 Å². The summed E-state index contributed by atoms with van der Waals surface area (Å²) < 4.78 is 40.2. The van der Waals surface area contributed by atoms with Crippen LogP contribution in [0.1, 0.15) is 105 Å². The maximum Gasteiger partial charge on any atom is 0.280 e. The Hall–Kier alpha value is -4.95. The van der Waals surface area contributed by atoms with Crippen molar-refractivity contribution in [2.45, 2.75) is 102 Å². The molecule has 296 valence electrons. The molecule has 4 aliphatic rings. The number of carbonyl (C=O) groups is 3. The molecule has 1 spiro atoms. The van der Waals surface area contributed by atoms with Crippen molar-refractivity contribution in [3.8, 4) is 11.5 Å². The Morgan fingerprint density at radius 3 is 2.54 bits per heavy atom. The number of nitrogens with zero attached hydrogens (tertiary/aromatic N) is 5. The normalized spacial score (nSPS) is 22.8. The molecule has 3 aromatic heterocycles. The van der Waals surface area contributed by atoms with Crippen LogP contribution in [-0.2, 0) is 16.1 Å². The zero-order valence-corrected chi connectivity index (χ0v) is 31.9. The van der Waals surface area contributed by atoms with Crippen LogP contribution in [0.15, 0.2) is 60.9 Å². The monoisotopic (exact) mass is 769 g/mol. The van der Waals surface area contributed by atoms with Gasteiger partial charge in [-0.15, -0.1) is 0 Å². The molecule has 3 amide bonds. The molecule has 8 rings (SSSR count). The lowest BCUT2D eigenvalue weighted by molar-refractivity contribution is -0.138. The molecule has 12 nitrogen and oxygen atoms in total. The zero-order valence-electron chi connectivity index (χ0n) is 31.9. The van der Waals surface area contributed by atoms with Gasteiger partial charge < -0.3 is 19.2 Å². The standard InChI is InChI=1S/C42H49F2N7O5/c1-26(2)55-35-19-37-46-33(23-50(37)22-31(35)40(53)47-36-6-3-5-32(45-36)39(43)44)29-11-7-27(8-12-29)20-49-24-42(25-49)17-4-18-51(42)21-28-9-13-30(14-10-28)56-34-15-16-38(52)48-41(34)54/h3,5-6,9-10,13-14,19,22-23,26-27,29,34,39H,4,7-8,11-12,15-18,20-21,24-25H2,1-2H3,(H,45,47,53)(H,48,52,54)/t27-,29-,34?. The molecule has 6 heterocycles. The number of alkyl halides is 2. The number of halogens is 2. The summed E-state index contributed by atoms with van der Waals surface area (Å²) in [5.74, 6) is 0.911. The molecule has 4 aromatic rings. The quantitative estimate of drug-likeness (QED) is 0.155. The summed E-state index contributed by atoms with van der Waals surface area (Å²) in [6.07, 6.45) is 7.62. The highest BCUT2D eigenvalue weighted by Gasteiger charge is 2.50. The van der Waals surface area contributed by atoms with Crippen LogP contribution in [0.25, 0.3) is 5.65 Å². The molecule has 56 heavy (non-hydrogen) atoms. The van der Waals surface area contributed by atoms with Crippen LogP contribution in [0.5, 0.6) is 11.5 Å². The first-order valence-electron chi connectivity index (χ1n) is 19.8. The number of amides is 3. The van der Waals surface area contributed by atoms with Crippen LogP contribution < -0.4 is 20.1 Å². The summed E-state index contributed by atoms with van der Waals surface area (Å²) in [5, 5.41) is 5.00. The van der Waals surface area contributed by atoms with E-state index in [9.17, 15) is 23.2 Å². The van der Waals surface area contributed by atoms with Crippen molar-refractivity contribution in [1.82, 2.24) is 29.5 Å². The van der Waals surface area contributed by atoms with E-state index in [4.69, 9.17) is 14.5 Å². The number of benzene rings is 1. The topological polar surface area (TPSA) is 130 Å². The van der Waals surface area contributed by atoms with Gasteiger partial charge in [0.2, 0.25) is 5.91 Å². The molecule has 2 N–H and O–H groups in total. The van der Waals surface area contributed by atoms with Gasteiger partial charge in [0, 0.05) is 68.9 Å². The molecule has 1 atom stereocenters. The number of carbonyl (C=O) groups excluding carboxylic acids is 3. The predicted molar refractivity (Wildman–Crippen MR) is 205 cm³/mol. The lowest BCUT2D eigenvalue weighted by atomic mass is 9.79. The van der Waals surface area contributed by atoms with E-state index in [1.165, 1.54) is 36.6 Å². The Morgan fingerprint density at radius 2 is 1.80 bits per heavy atom. The van der Waals surface area contributed by atoms with Gasteiger partial charge in [-0.05, 0) is 94.7 Å². The summed E-state index contributed by atoms with van der Waals surface area (Å²) in [7, 11) is 0. The highest BCUT2D eigenvalue weighted by molar-refractivity contribution is 6.06. The second-order valence-electron chi connectivity index (χ2n) is 16.2. The molecule has 1 aliphatic carbocycles. The summed E-state index contributed by atoms with van der Waals surface area (Å²) in [5.41, 5.74) is 3.02. The molecule has 1 unspecified atom stereocenters. The van der Waals surface area contributed by atoms with Gasteiger partial charge in [0.25, 0.3) is 18.2 Å². The van der Waals surface area contributed by atoms with E-state index in [1.807, 2.05) is 36.6 Å². The summed E-state index contributed by atoms with van der Waals surface area (Å²) in [4.78, 5) is 51.1. The van der Waals surface area contributed by atoms with E-state index in [-0.39, 0.29) is 34.8 Å². The largest absolute Gasteiger partial charge is 0.490 e. The van der Waals surface area contributed by atoms with Crippen molar-refractivity contribution in [3.63, 3.8) is 0 Å². The van der Waals surface area contributed by atoms with Crippen LogP contribution in [0, 0.1) is 5.92 Å². The van der Waals surface area contributed by atoms with Gasteiger partial charge in [-0.2, -0.15) is 0 Å². The Balaban J connectivity index is 0.838. The molecule has 0 bridgehead atoms. The number of ether oxygens (including phenoxy) is 2. The molecule has 1 aromatic carbocycles. The van der Waals surface area contributed by atoms with Gasteiger partial charge in [-0.1, -0.05) is 18.2 Å². The molecule has 4 fully saturated rings. The number of likely N-dealkylation sites (tertiary alicyclic amines) is 2. The Bertz CT molecular complexity index is 2080. The Morgan fingerprint density at radius 1 is 1.02 bits per heavy atom. The molecular formula is C42H49F2N7O5. The predicted octanol–water partition coefficient (Wildman–Crippen LogP) is 6.51. The smallest absolute Gasteiger partial charge is 0.280 e. The zero-order chi connectivity index (χ0) is 39.0. The van der Waals surface area contributed by atoms with E-state index >= 15 is 0 Å². The highest BCUT2D eigenvalue weighted by Crippen LogP contribution is 2.42. The minimum atomic E-state index is -2.74. The van der Waals surface area contributed by atoms with Crippen molar-refractivity contribution in [1.29, 1.82) is 0 Å². The molecule has 3 saturated heterocycles. The highest BCUT2D eigenvalue weighted by atomic mass is 19.3. The van der Waals surface area contributed by atoms with E-state index in [0.29, 0.717) is 41.8 Å². The molecule has 0 radical (unpaired) electrons. The van der Waals surface area contributed by atoms with Crippen LogP contribution in [-0.4, -0.2) is 85.8 Å². The second kappa shape index (κ2) is 15.9. The molecule has 14 heteroatoms. The van der Waals surface area contributed by atoms with E-state index < -0.39 is 24.1 Å². The summed E-state index contributed by atoms with van der Waals surface area (Å²) in [6.45, 7) is 9.05. The first kappa shape index (κ1) is 37.9. The lowest BCUT2D eigenvalue weighted by Crippen LogP contribution is -2.67. The van der Waals surface area contributed by atoms with Gasteiger partial charge in [-0.3, -0.25) is 29.5 Å². The van der Waals surface area contributed by atoms with E-state index in [2.05, 4.69) is 37.6 Å². The first-order valence-corrected chi connectivity index (χ1v) is 19.8. The Kier molecular flexibility index (Phi) is 10.8. The third-order valence-electron chi connectivity index (χ3n) is 11.7. The summed E-state index contributed by atoms with van der Waals surface area (Å²) >= 11 is 0. The van der Waals surface area contributed by atoms with Crippen molar-refractivity contribution in [2.24, 2.45) is 5.92 Å². The van der Waals surface area contributed by atoms with Crippen LogP contribution in [0.2, 0.25) is 0 Å². The summed E-state index contributed by atoms with van der Waals surface area (Å²) in [6, 6.07) is 13.9. The number of piperidine rings is 1. The van der Waals surface area contributed by atoms with Crippen LogP contribution in [0.4, 0.5) is 14.6 Å². The van der Waals surface area contributed by atoms with E-state index in [0.717, 1.165) is 64.1 Å². The number of pyridine rings is 2. The number of nitrogens with one attached hydrogen (secondary N) is 2. The second-order valence-corrected chi connectivity index (χ2v) is 16.2. The average Bonchev–Trinajstić information content (AvgIpc) is 3.77. The molecule has 3 aliphatic heterocycles. The minimum absolute atomic E-state index is 0.0450. The number of imide groups is 1.